The van der Waals surface area contributed by atoms with E-state index in [0.717, 1.165) is 16.7 Å². The number of hydrogen-bond donors (Lipinski definition) is 0. The maximum atomic E-state index is 12.2. The molecule has 2 aromatic carbocycles. The number of aromatic nitrogens is 1. The predicted molar refractivity (Wildman–Crippen MR) is 92.9 cm³/mol. The Balaban J connectivity index is 1.88. The Morgan fingerprint density at radius 1 is 1.04 bits per heavy atom. The second kappa shape index (κ2) is 6.84. The summed E-state index contributed by atoms with van der Waals surface area (Å²) < 4.78 is 6.67. The molecule has 0 fully saturated rings. The number of nitrogens with zero attached hydrogens (tertiary/aromatic N) is 2. The first kappa shape index (κ1) is 15.6. The molecular weight excluding hydrogens is 300 g/mol. The molecule has 0 spiro atoms. The zero-order chi connectivity index (χ0) is 16.9. The normalized spacial score (nSPS) is 10.2. The van der Waals surface area contributed by atoms with Crippen LogP contribution in [0.25, 0.3) is 11.1 Å². The van der Waals surface area contributed by atoms with Crippen LogP contribution in [-0.2, 0) is 6.54 Å². The van der Waals surface area contributed by atoms with Crippen LogP contribution in [0.15, 0.2) is 71.7 Å². The van der Waals surface area contributed by atoms with Crippen LogP contribution in [0.5, 0.6) is 5.75 Å². The van der Waals surface area contributed by atoms with Crippen molar-refractivity contribution >= 4 is 0 Å². The van der Waals surface area contributed by atoms with Crippen molar-refractivity contribution in [2.24, 2.45) is 0 Å². The Morgan fingerprint density at radius 2 is 1.79 bits per heavy atom. The van der Waals surface area contributed by atoms with Crippen LogP contribution in [0, 0.1) is 11.3 Å². The van der Waals surface area contributed by atoms with E-state index in [1.54, 1.807) is 29.0 Å². The van der Waals surface area contributed by atoms with Gasteiger partial charge in [-0.15, -0.1) is 0 Å². The summed E-state index contributed by atoms with van der Waals surface area (Å²) in [5.41, 5.74) is 3.38. The van der Waals surface area contributed by atoms with E-state index >= 15 is 0 Å². The van der Waals surface area contributed by atoms with Crippen molar-refractivity contribution in [3.63, 3.8) is 0 Å². The summed E-state index contributed by atoms with van der Waals surface area (Å²) in [6.07, 6.45) is 1.74. The van der Waals surface area contributed by atoms with Crippen molar-refractivity contribution in [3.05, 3.63) is 88.3 Å². The zero-order valence-corrected chi connectivity index (χ0v) is 13.3. The standard InChI is InChI=1S/C20H16N2O2/c1-24-19-7-4-12-22(20(19)23)14-15-8-10-16(11-9-15)18-6-3-2-5-17(18)13-21/h2-12H,14H2,1H3. The molecule has 0 saturated heterocycles. The Morgan fingerprint density at radius 3 is 2.50 bits per heavy atom. The van der Waals surface area contributed by atoms with E-state index in [4.69, 9.17) is 4.74 Å². The van der Waals surface area contributed by atoms with Crippen molar-refractivity contribution in [1.82, 2.24) is 4.57 Å². The van der Waals surface area contributed by atoms with Gasteiger partial charge in [0.2, 0.25) is 0 Å². The van der Waals surface area contributed by atoms with Crippen molar-refractivity contribution < 1.29 is 4.74 Å². The monoisotopic (exact) mass is 316 g/mol. The second-order valence-electron chi connectivity index (χ2n) is 5.36. The quantitative estimate of drug-likeness (QED) is 0.741. The second-order valence-corrected chi connectivity index (χ2v) is 5.36. The van der Waals surface area contributed by atoms with Gasteiger partial charge in [-0.3, -0.25) is 4.79 Å². The van der Waals surface area contributed by atoms with Crippen LogP contribution < -0.4 is 10.3 Å². The molecule has 4 heteroatoms. The summed E-state index contributed by atoms with van der Waals surface area (Å²) in [5.74, 6) is 0.331. The molecule has 3 aromatic rings. The molecule has 0 saturated carbocycles. The van der Waals surface area contributed by atoms with Gasteiger partial charge in [0.05, 0.1) is 25.3 Å². The molecule has 24 heavy (non-hydrogen) atoms. The molecule has 1 aromatic heterocycles. The molecule has 0 unspecified atom stereocenters. The highest BCUT2D eigenvalue weighted by Crippen LogP contribution is 2.23. The van der Waals surface area contributed by atoms with Gasteiger partial charge < -0.3 is 9.30 Å². The average Bonchev–Trinajstić information content (AvgIpc) is 2.64. The molecule has 0 aliphatic carbocycles. The lowest BCUT2D eigenvalue weighted by Crippen LogP contribution is -2.20. The lowest BCUT2D eigenvalue weighted by Gasteiger charge is -2.09. The first-order valence-electron chi connectivity index (χ1n) is 7.55. The van der Waals surface area contributed by atoms with Crippen molar-refractivity contribution in [2.45, 2.75) is 6.54 Å². The Bertz CT molecular complexity index is 950. The molecular formula is C20H16N2O2. The molecule has 118 valence electrons. The van der Waals surface area contributed by atoms with E-state index in [-0.39, 0.29) is 5.56 Å². The van der Waals surface area contributed by atoms with Crippen LogP contribution in [-0.4, -0.2) is 11.7 Å². The molecule has 1 heterocycles. The van der Waals surface area contributed by atoms with Crippen molar-refractivity contribution in [2.75, 3.05) is 7.11 Å². The fourth-order valence-corrected chi connectivity index (χ4v) is 2.61. The van der Waals surface area contributed by atoms with Gasteiger partial charge >= 0.3 is 0 Å². The molecule has 0 amide bonds. The van der Waals surface area contributed by atoms with Crippen LogP contribution in [0.2, 0.25) is 0 Å². The molecule has 0 bridgehead atoms. The van der Waals surface area contributed by atoms with Gasteiger partial charge in [-0.1, -0.05) is 42.5 Å². The summed E-state index contributed by atoms with van der Waals surface area (Å²) in [5, 5.41) is 9.21. The minimum atomic E-state index is -0.154. The van der Waals surface area contributed by atoms with Gasteiger partial charge in [0.1, 0.15) is 0 Å². The molecule has 0 aliphatic heterocycles. The van der Waals surface area contributed by atoms with Gasteiger partial charge in [-0.2, -0.15) is 5.26 Å². The zero-order valence-electron chi connectivity index (χ0n) is 13.3. The molecule has 0 aliphatic rings. The van der Waals surface area contributed by atoms with Gasteiger partial charge in [0.25, 0.3) is 5.56 Å². The van der Waals surface area contributed by atoms with Crippen molar-refractivity contribution in [1.29, 1.82) is 5.26 Å². The smallest absolute Gasteiger partial charge is 0.293 e. The number of ether oxygens (including phenoxy) is 1. The van der Waals surface area contributed by atoms with E-state index < -0.39 is 0 Å². The highest BCUT2D eigenvalue weighted by Gasteiger charge is 2.06. The largest absolute Gasteiger partial charge is 0.491 e. The number of rotatable bonds is 4. The number of methoxy groups -OCH3 is 1. The van der Waals surface area contributed by atoms with E-state index in [2.05, 4.69) is 6.07 Å². The third-order valence-electron chi connectivity index (χ3n) is 3.87. The van der Waals surface area contributed by atoms with E-state index in [1.807, 2.05) is 42.5 Å². The molecule has 0 radical (unpaired) electrons. The lowest BCUT2D eigenvalue weighted by molar-refractivity contribution is 0.403. The summed E-state index contributed by atoms with van der Waals surface area (Å²) in [6.45, 7) is 0.468. The van der Waals surface area contributed by atoms with E-state index in [1.165, 1.54) is 7.11 Å². The maximum Gasteiger partial charge on any atom is 0.293 e. The summed E-state index contributed by atoms with van der Waals surface area (Å²) in [6, 6.07) is 21.0. The third-order valence-corrected chi connectivity index (χ3v) is 3.87. The van der Waals surface area contributed by atoms with Crippen LogP contribution >= 0.6 is 0 Å². The van der Waals surface area contributed by atoms with E-state index in [0.29, 0.717) is 17.9 Å². The fraction of sp³-hybridized carbons (Fsp3) is 0.100. The summed E-state index contributed by atoms with van der Waals surface area (Å²) in [7, 11) is 1.49. The van der Waals surface area contributed by atoms with Gasteiger partial charge in [0, 0.05) is 6.20 Å². The van der Waals surface area contributed by atoms with Crippen LogP contribution in [0.1, 0.15) is 11.1 Å². The first-order valence-corrected chi connectivity index (χ1v) is 7.55. The lowest BCUT2D eigenvalue weighted by atomic mass is 9.99. The minimum absolute atomic E-state index is 0.154. The molecule has 0 N–H and O–H groups in total. The topological polar surface area (TPSA) is 55.0 Å². The third kappa shape index (κ3) is 3.06. The Hall–Kier alpha value is -3.32. The minimum Gasteiger partial charge on any atom is -0.491 e. The SMILES string of the molecule is COc1cccn(Cc2ccc(-c3ccccc3C#N)cc2)c1=O. The molecule has 0 atom stereocenters. The average molecular weight is 316 g/mol. The van der Waals surface area contributed by atoms with Gasteiger partial charge in [-0.05, 0) is 34.9 Å². The summed E-state index contributed by atoms with van der Waals surface area (Å²) >= 11 is 0. The maximum absolute atomic E-state index is 12.2. The predicted octanol–water partition coefficient (Wildman–Crippen LogP) is 3.44. The molecule has 3 rings (SSSR count). The highest BCUT2D eigenvalue weighted by atomic mass is 16.5. The number of benzene rings is 2. The Kier molecular flexibility index (Phi) is 4.44. The highest BCUT2D eigenvalue weighted by molar-refractivity contribution is 5.70. The number of hydrogen-bond acceptors (Lipinski definition) is 3. The van der Waals surface area contributed by atoms with Crippen LogP contribution in [0.4, 0.5) is 0 Å². The molecule has 4 nitrogen and oxygen atoms in total. The van der Waals surface area contributed by atoms with Crippen LogP contribution in [0.3, 0.4) is 0 Å². The summed E-state index contributed by atoms with van der Waals surface area (Å²) in [4.78, 5) is 12.2. The van der Waals surface area contributed by atoms with Gasteiger partial charge in [-0.25, -0.2) is 0 Å². The number of pyridine rings is 1. The first-order chi connectivity index (χ1) is 11.7. The Labute approximate surface area is 140 Å². The number of nitriles is 1. The van der Waals surface area contributed by atoms with Crippen molar-refractivity contribution in [3.8, 4) is 22.9 Å². The van der Waals surface area contributed by atoms with E-state index in [9.17, 15) is 10.1 Å². The van der Waals surface area contributed by atoms with Gasteiger partial charge in [0.15, 0.2) is 5.75 Å². The fourth-order valence-electron chi connectivity index (χ4n) is 2.61.